The molecule has 2 heteroatoms. The van der Waals surface area contributed by atoms with Crippen LogP contribution in [-0.4, -0.2) is 24.5 Å². The fraction of sp³-hybridized carbons (Fsp3) is 0.625. The molecule has 0 amide bonds. The Balaban J connectivity index is 1.91. The normalized spacial score (nSPS) is 20.2. The van der Waals surface area contributed by atoms with Crippen LogP contribution in [0.25, 0.3) is 0 Å². The zero-order valence-electron chi connectivity index (χ0n) is 11.7. The van der Waals surface area contributed by atoms with Crippen molar-refractivity contribution in [3.8, 4) is 0 Å². The number of nitrogens with two attached hydrogens (primary N) is 1. The molecule has 0 atom stereocenters. The van der Waals surface area contributed by atoms with Crippen LogP contribution >= 0.6 is 0 Å². The van der Waals surface area contributed by atoms with Crippen LogP contribution in [0.2, 0.25) is 0 Å². The highest BCUT2D eigenvalue weighted by Crippen LogP contribution is 2.37. The molecule has 0 unspecified atom stereocenters. The molecule has 0 bridgehead atoms. The third kappa shape index (κ3) is 2.93. The van der Waals surface area contributed by atoms with E-state index in [0.29, 0.717) is 11.3 Å². The molecule has 1 aromatic carbocycles. The van der Waals surface area contributed by atoms with E-state index in [-0.39, 0.29) is 0 Å². The van der Waals surface area contributed by atoms with Gasteiger partial charge in [0.1, 0.15) is 0 Å². The zero-order valence-corrected chi connectivity index (χ0v) is 11.7. The van der Waals surface area contributed by atoms with Crippen molar-refractivity contribution in [1.82, 2.24) is 4.90 Å². The molecule has 1 aromatic rings. The van der Waals surface area contributed by atoms with E-state index >= 15 is 0 Å². The molecule has 100 valence electrons. The van der Waals surface area contributed by atoms with Crippen molar-refractivity contribution >= 4 is 0 Å². The van der Waals surface area contributed by atoms with E-state index in [9.17, 15) is 0 Å². The third-order valence-electron chi connectivity index (χ3n) is 4.73. The summed E-state index contributed by atoms with van der Waals surface area (Å²) in [5, 5.41) is 0. The molecule has 2 N–H and O–H groups in total. The lowest BCUT2D eigenvalue weighted by Crippen LogP contribution is -2.46. The SMILES string of the molecule is CC(C)C1(CN)CCN(Cc2ccccc2)CC1. The first-order valence-corrected chi connectivity index (χ1v) is 7.13. The van der Waals surface area contributed by atoms with Gasteiger partial charge in [0.25, 0.3) is 0 Å². The second-order valence-corrected chi connectivity index (χ2v) is 5.98. The van der Waals surface area contributed by atoms with Crippen molar-refractivity contribution < 1.29 is 0 Å². The van der Waals surface area contributed by atoms with Gasteiger partial charge >= 0.3 is 0 Å². The second-order valence-electron chi connectivity index (χ2n) is 5.98. The van der Waals surface area contributed by atoms with Crippen molar-refractivity contribution in [3.63, 3.8) is 0 Å². The Morgan fingerprint density at radius 1 is 1.17 bits per heavy atom. The Bertz CT molecular complexity index is 351. The zero-order chi connectivity index (χ0) is 13.0. The highest BCUT2D eigenvalue weighted by molar-refractivity contribution is 5.14. The van der Waals surface area contributed by atoms with Crippen molar-refractivity contribution in [2.45, 2.75) is 33.2 Å². The van der Waals surface area contributed by atoms with E-state index < -0.39 is 0 Å². The summed E-state index contributed by atoms with van der Waals surface area (Å²) in [7, 11) is 0. The summed E-state index contributed by atoms with van der Waals surface area (Å²) in [4.78, 5) is 2.56. The van der Waals surface area contributed by atoms with Crippen LogP contribution in [0.5, 0.6) is 0 Å². The van der Waals surface area contributed by atoms with Crippen LogP contribution in [0.3, 0.4) is 0 Å². The second kappa shape index (κ2) is 5.85. The predicted molar refractivity (Wildman–Crippen MR) is 77.3 cm³/mol. The van der Waals surface area contributed by atoms with E-state index in [0.717, 1.165) is 13.1 Å². The summed E-state index contributed by atoms with van der Waals surface area (Å²) < 4.78 is 0. The smallest absolute Gasteiger partial charge is 0.0233 e. The largest absolute Gasteiger partial charge is 0.330 e. The van der Waals surface area contributed by atoms with Gasteiger partial charge in [0.2, 0.25) is 0 Å². The molecule has 0 aliphatic carbocycles. The molecule has 2 rings (SSSR count). The van der Waals surface area contributed by atoms with Crippen molar-refractivity contribution in [3.05, 3.63) is 35.9 Å². The number of hydrogen-bond acceptors (Lipinski definition) is 2. The Hall–Kier alpha value is -0.860. The van der Waals surface area contributed by atoms with Crippen LogP contribution in [0, 0.1) is 11.3 Å². The van der Waals surface area contributed by atoms with Crippen LogP contribution in [-0.2, 0) is 6.54 Å². The lowest BCUT2D eigenvalue weighted by molar-refractivity contribution is 0.0652. The van der Waals surface area contributed by atoms with Crippen molar-refractivity contribution in [2.75, 3.05) is 19.6 Å². The average molecular weight is 246 g/mol. The fourth-order valence-electron chi connectivity index (χ4n) is 3.02. The molecular weight excluding hydrogens is 220 g/mol. The molecule has 0 saturated carbocycles. The minimum atomic E-state index is 0.382. The quantitative estimate of drug-likeness (QED) is 0.885. The van der Waals surface area contributed by atoms with E-state index in [2.05, 4.69) is 49.1 Å². The summed E-state index contributed by atoms with van der Waals surface area (Å²) in [5.41, 5.74) is 7.82. The summed E-state index contributed by atoms with van der Waals surface area (Å²) in [6, 6.07) is 10.8. The molecule has 2 nitrogen and oxygen atoms in total. The standard InChI is InChI=1S/C16H26N2/c1-14(2)16(13-17)8-10-18(11-9-16)12-15-6-4-3-5-7-15/h3-7,14H,8-13,17H2,1-2H3. The van der Waals surface area contributed by atoms with Gasteiger partial charge < -0.3 is 5.73 Å². The highest BCUT2D eigenvalue weighted by atomic mass is 15.1. The van der Waals surface area contributed by atoms with Gasteiger partial charge in [-0.1, -0.05) is 44.2 Å². The average Bonchev–Trinajstić information content (AvgIpc) is 2.41. The first-order valence-electron chi connectivity index (χ1n) is 7.13. The minimum absolute atomic E-state index is 0.382. The maximum absolute atomic E-state index is 6.02. The number of likely N-dealkylation sites (tertiary alicyclic amines) is 1. The summed E-state index contributed by atoms with van der Waals surface area (Å²) in [6.07, 6.45) is 2.49. The Morgan fingerprint density at radius 3 is 2.28 bits per heavy atom. The van der Waals surface area contributed by atoms with E-state index in [1.54, 1.807) is 0 Å². The summed E-state index contributed by atoms with van der Waals surface area (Å²) in [6.45, 7) is 8.93. The molecule has 0 radical (unpaired) electrons. The maximum atomic E-state index is 6.02. The molecule has 1 heterocycles. The third-order valence-corrected chi connectivity index (χ3v) is 4.73. The van der Waals surface area contributed by atoms with Gasteiger partial charge in [-0.15, -0.1) is 0 Å². The number of hydrogen-bond donors (Lipinski definition) is 1. The minimum Gasteiger partial charge on any atom is -0.330 e. The molecule has 1 fully saturated rings. The van der Waals surface area contributed by atoms with Gasteiger partial charge in [-0.25, -0.2) is 0 Å². The van der Waals surface area contributed by atoms with Crippen LogP contribution in [0.15, 0.2) is 30.3 Å². The lowest BCUT2D eigenvalue weighted by atomic mass is 9.70. The first-order chi connectivity index (χ1) is 8.66. The molecule has 0 aromatic heterocycles. The predicted octanol–water partition coefficient (Wildman–Crippen LogP) is 2.88. The lowest BCUT2D eigenvalue weighted by Gasteiger charge is -2.44. The summed E-state index contributed by atoms with van der Waals surface area (Å²) in [5.74, 6) is 0.696. The molecule has 0 spiro atoms. The maximum Gasteiger partial charge on any atom is 0.0233 e. The van der Waals surface area contributed by atoms with E-state index in [1.807, 2.05) is 0 Å². The van der Waals surface area contributed by atoms with Crippen LogP contribution in [0.1, 0.15) is 32.3 Å². The molecule has 1 saturated heterocycles. The molecule has 18 heavy (non-hydrogen) atoms. The van der Waals surface area contributed by atoms with E-state index in [1.165, 1.54) is 31.5 Å². The number of nitrogens with zero attached hydrogens (tertiary/aromatic N) is 1. The van der Waals surface area contributed by atoms with Crippen LogP contribution < -0.4 is 5.73 Å². The van der Waals surface area contributed by atoms with Crippen molar-refractivity contribution in [2.24, 2.45) is 17.1 Å². The molecular formula is C16H26N2. The van der Waals surface area contributed by atoms with Gasteiger partial charge in [0.15, 0.2) is 0 Å². The Labute approximate surface area is 111 Å². The van der Waals surface area contributed by atoms with E-state index in [4.69, 9.17) is 5.73 Å². The van der Waals surface area contributed by atoms with Crippen LogP contribution in [0.4, 0.5) is 0 Å². The highest BCUT2D eigenvalue weighted by Gasteiger charge is 2.35. The Morgan fingerprint density at radius 2 is 1.78 bits per heavy atom. The topological polar surface area (TPSA) is 29.3 Å². The Kier molecular flexibility index (Phi) is 4.41. The van der Waals surface area contributed by atoms with Gasteiger partial charge in [-0.3, -0.25) is 4.90 Å². The van der Waals surface area contributed by atoms with Gasteiger partial charge in [-0.2, -0.15) is 0 Å². The van der Waals surface area contributed by atoms with Gasteiger partial charge in [0.05, 0.1) is 0 Å². The molecule has 1 aliphatic rings. The monoisotopic (exact) mass is 246 g/mol. The fourth-order valence-corrected chi connectivity index (χ4v) is 3.02. The van der Waals surface area contributed by atoms with Gasteiger partial charge in [-0.05, 0) is 49.4 Å². The summed E-state index contributed by atoms with van der Waals surface area (Å²) >= 11 is 0. The van der Waals surface area contributed by atoms with Gasteiger partial charge in [0, 0.05) is 6.54 Å². The first kappa shape index (κ1) is 13.6. The van der Waals surface area contributed by atoms with Crippen molar-refractivity contribution in [1.29, 1.82) is 0 Å². The number of piperidine rings is 1. The molecule has 1 aliphatic heterocycles. The number of benzene rings is 1. The number of rotatable bonds is 4.